The number of benzene rings is 4. The van der Waals surface area contributed by atoms with Gasteiger partial charge >= 0.3 is 37.9 Å². The van der Waals surface area contributed by atoms with Gasteiger partial charge in [0.25, 0.3) is 0 Å². The fraction of sp³-hybridized carbons (Fsp3) is 0.0417. The zero-order chi connectivity index (χ0) is 18.8. The van der Waals surface area contributed by atoms with Crippen molar-refractivity contribution >= 4 is 49.3 Å². The Balaban J connectivity index is 0.000000565. The van der Waals surface area contributed by atoms with E-state index in [1.54, 1.807) is 0 Å². The summed E-state index contributed by atoms with van der Waals surface area (Å²) in [5.41, 5.74) is 3.92. The molecule has 0 aliphatic heterocycles. The molecule has 3 heteroatoms. The Bertz CT molecular complexity index is 1240. The predicted molar refractivity (Wildman–Crippen MR) is 116 cm³/mol. The molecule has 5 aromatic carbocycles. The van der Waals surface area contributed by atoms with Gasteiger partial charge in [0, 0.05) is 0 Å². The molecule has 0 saturated heterocycles. The molecule has 132 valence electrons. The molecule has 0 spiro atoms. The van der Waals surface area contributed by atoms with Crippen molar-refractivity contribution in [3.05, 3.63) is 90.5 Å². The van der Waals surface area contributed by atoms with Crippen molar-refractivity contribution in [2.24, 2.45) is 0 Å². The molecule has 27 heavy (non-hydrogen) atoms. The summed E-state index contributed by atoms with van der Waals surface area (Å²) in [4.78, 5) is 0. The SMILES string of the molecule is Cc1cc2c(-c3ccc4cc5ccccc5cc4c3)cccc2[cH-]1.[Cl][Zr][Cl]. The Labute approximate surface area is 177 Å². The van der Waals surface area contributed by atoms with Gasteiger partial charge in [0.2, 0.25) is 0 Å². The molecule has 0 unspecified atom stereocenters. The van der Waals surface area contributed by atoms with Crippen LogP contribution >= 0.6 is 17.0 Å². The Morgan fingerprint density at radius 2 is 1.37 bits per heavy atom. The first-order valence-corrected chi connectivity index (χ1v) is 15.1. The summed E-state index contributed by atoms with van der Waals surface area (Å²) >= 11 is -0.826. The summed E-state index contributed by atoms with van der Waals surface area (Å²) in [5, 5.41) is 7.85. The number of hydrogen-bond acceptors (Lipinski definition) is 0. The van der Waals surface area contributed by atoms with Gasteiger partial charge in [-0.1, -0.05) is 55.0 Å². The van der Waals surface area contributed by atoms with E-state index in [-0.39, 0.29) is 0 Å². The van der Waals surface area contributed by atoms with Crippen LogP contribution in [0.25, 0.3) is 43.4 Å². The second kappa shape index (κ2) is 8.23. The second-order valence-corrected chi connectivity index (χ2v) is 10.4. The third kappa shape index (κ3) is 3.88. The first-order chi connectivity index (χ1) is 13.2. The molecule has 0 bridgehead atoms. The topological polar surface area (TPSA) is 0 Å². The summed E-state index contributed by atoms with van der Waals surface area (Å²) in [6.07, 6.45) is 0. The van der Waals surface area contributed by atoms with Gasteiger partial charge in [-0.2, -0.15) is 6.07 Å². The van der Waals surface area contributed by atoms with E-state index in [1.165, 1.54) is 49.0 Å². The molecule has 5 aromatic rings. The maximum absolute atomic E-state index is 4.93. The average molecular weight is 468 g/mol. The number of hydrogen-bond donors (Lipinski definition) is 0. The zero-order valence-electron chi connectivity index (χ0n) is 14.8. The monoisotopic (exact) mass is 465 g/mol. The molecule has 0 N–H and O–H groups in total. The summed E-state index contributed by atoms with van der Waals surface area (Å²) < 4.78 is 0. The molecule has 0 saturated carbocycles. The summed E-state index contributed by atoms with van der Waals surface area (Å²) in [6.45, 7) is 2.16. The number of halogens is 2. The molecule has 5 rings (SSSR count). The van der Waals surface area contributed by atoms with Crippen molar-refractivity contribution in [3.63, 3.8) is 0 Å². The van der Waals surface area contributed by atoms with Crippen LogP contribution in [-0.4, -0.2) is 0 Å². The Morgan fingerprint density at radius 3 is 2.11 bits per heavy atom. The van der Waals surface area contributed by atoms with E-state index in [0.717, 1.165) is 0 Å². The van der Waals surface area contributed by atoms with E-state index in [9.17, 15) is 0 Å². The molecule has 0 amide bonds. The van der Waals surface area contributed by atoms with Crippen LogP contribution in [0.2, 0.25) is 0 Å². The minimum atomic E-state index is -0.826. The first kappa shape index (κ1) is 18.8. The number of fused-ring (bicyclic) bond motifs is 3. The fourth-order valence-corrected chi connectivity index (χ4v) is 3.74. The van der Waals surface area contributed by atoms with E-state index in [2.05, 4.69) is 91.9 Å². The maximum atomic E-state index is 4.93. The van der Waals surface area contributed by atoms with Gasteiger partial charge in [0.1, 0.15) is 0 Å². The van der Waals surface area contributed by atoms with Crippen LogP contribution in [-0.2, 0) is 20.8 Å². The van der Waals surface area contributed by atoms with Gasteiger partial charge < -0.3 is 0 Å². The summed E-state index contributed by atoms with van der Waals surface area (Å²) in [6, 6.07) is 31.1. The molecule has 0 aromatic heterocycles. The van der Waals surface area contributed by atoms with Gasteiger partial charge in [0.05, 0.1) is 0 Å². The van der Waals surface area contributed by atoms with Crippen LogP contribution in [0.1, 0.15) is 5.56 Å². The van der Waals surface area contributed by atoms with E-state index in [1.807, 2.05) is 0 Å². The fourth-order valence-electron chi connectivity index (χ4n) is 3.74. The van der Waals surface area contributed by atoms with Crippen molar-refractivity contribution in [3.8, 4) is 11.1 Å². The molecule has 0 atom stereocenters. The summed E-state index contributed by atoms with van der Waals surface area (Å²) in [5.74, 6) is 0. The molecule has 0 heterocycles. The molecule has 0 fully saturated rings. The van der Waals surface area contributed by atoms with Crippen molar-refractivity contribution in [1.29, 1.82) is 0 Å². The number of aryl methyl sites for hydroxylation is 1. The van der Waals surface area contributed by atoms with Crippen LogP contribution in [0.3, 0.4) is 0 Å². The normalized spacial score (nSPS) is 10.8. The molecule has 0 aliphatic carbocycles. The van der Waals surface area contributed by atoms with Crippen molar-refractivity contribution < 1.29 is 20.8 Å². The quantitative estimate of drug-likeness (QED) is 0.172. The van der Waals surface area contributed by atoms with Crippen molar-refractivity contribution in [2.75, 3.05) is 0 Å². The average Bonchev–Trinajstić information content (AvgIpc) is 3.06. The van der Waals surface area contributed by atoms with Crippen LogP contribution < -0.4 is 0 Å². The Kier molecular flexibility index (Phi) is 5.74. The van der Waals surface area contributed by atoms with E-state index < -0.39 is 20.8 Å². The van der Waals surface area contributed by atoms with E-state index in [0.29, 0.717) is 0 Å². The van der Waals surface area contributed by atoms with Crippen molar-refractivity contribution in [1.82, 2.24) is 0 Å². The zero-order valence-corrected chi connectivity index (χ0v) is 18.8. The molecule has 0 aliphatic rings. The van der Waals surface area contributed by atoms with E-state index in [4.69, 9.17) is 17.0 Å². The van der Waals surface area contributed by atoms with Gasteiger partial charge in [-0.25, -0.2) is 0 Å². The van der Waals surface area contributed by atoms with Crippen molar-refractivity contribution in [2.45, 2.75) is 6.92 Å². The third-order valence-corrected chi connectivity index (χ3v) is 4.91. The molecular weight excluding hydrogens is 450 g/mol. The van der Waals surface area contributed by atoms with Crippen LogP contribution in [0.5, 0.6) is 0 Å². The summed E-state index contributed by atoms with van der Waals surface area (Å²) in [7, 11) is 9.87. The third-order valence-electron chi connectivity index (χ3n) is 4.91. The van der Waals surface area contributed by atoms with E-state index >= 15 is 0 Å². The second-order valence-electron chi connectivity index (χ2n) is 6.67. The predicted octanol–water partition coefficient (Wildman–Crippen LogP) is 8.22. The van der Waals surface area contributed by atoms with Crippen LogP contribution in [0, 0.1) is 6.92 Å². The standard InChI is InChI=1S/C24H17.2ClH.Zr/c1-16-11-20-7-4-8-23(24(20)12-16)21-10-9-19-13-17-5-2-3-6-18(17)14-22(19)15-21;;;/h2-15H,1H3;2*1H;/q-1;;;+2/p-2. The molecular formula is C24H17Cl2Zr-. The Hall–Kier alpha value is -1.53. The van der Waals surface area contributed by atoms with Crippen LogP contribution in [0.4, 0.5) is 0 Å². The van der Waals surface area contributed by atoms with Crippen LogP contribution in [0.15, 0.2) is 84.9 Å². The molecule has 0 radical (unpaired) electrons. The van der Waals surface area contributed by atoms with Gasteiger partial charge in [-0.05, 0) is 45.3 Å². The molecule has 0 nitrogen and oxygen atoms in total. The number of rotatable bonds is 1. The minimum absolute atomic E-state index is 0.826. The van der Waals surface area contributed by atoms with Gasteiger partial charge in [-0.3, -0.25) is 0 Å². The van der Waals surface area contributed by atoms with Gasteiger partial charge in [-0.15, -0.1) is 34.5 Å². The Morgan fingerprint density at radius 1 is 0.704 bits per heavy atom. The van der Waals surface area contributed by atoms with Gasteiger partial charge in [0.15, 0.2) is 0 Å². The first-order valence-electron chi connectivity index (χ1n) is 8.75.